The molecule has 6 nitrogen and oxygen atoms in total. The number of carbonyl (C=O) groups is 1. The summed E-state index contributed by atoms with van der Waals surface area (Å²) in [7, 11) is 0. The minimum absolute atomic E-state index is 0.0584. The van der Waals surface area contributed by atoms with Crippen molar-refractivity contribution in [2.24, 2.45) is 0 Å². The molecule has 176 valence electrons. The topological polar surface area (TPSA) is 77.1 Å². The van der Waals surface area contributed by atoms with E-state index in [9.17, 15) is 27.9 Å². The van der Waals surface area contributed by atoms with E-state index in [0.717, 1.165) is 22.9 Å². The molecular weight excluding hydrogens is 459 g/mol. The lowest BCUT2D eigenvalue weighted by molar-refractivity contribution is -0.137. The molecule has 2 aromatic heterocycles. The highest BCUT2D eigenvalue weighted by Crippen LogP contribution is 2.37. The lowest BCUT2D eigenvalue weighted by atomic mass is 10.0. The van der Waals surface area contributed by atoms with Crippen LogP contribution in [0.25, 0.3) is 32.9 Å². The molecule has 0 aliphatic heterocycles. The van der Waals surface area contributed by atoms with Crippen LogP contribution in [-0.4, -0.2) is 25.4 Å². The number of fused-ring (bicyclic) bond motifs is 2. The number of benzene rings is 3. The molecule has 1 N–H and O–H groups in total. The van der Waals surface area contributed by atoms with Crippen LogP contribution in [0.3, 0.4) is 0 Å². The summed E-state index contributed by atoms with van der Waals surface area (Å²) >= 11 is 0. The zero-order valence-corrected chi connectivity index (χ0v) is 18.4. The summed E-state index contributed by atoms with van der Waals surface area (Å²) in [6.45, 7) is 0.996. The van der Waals surface area contributed by atoms with E-state index in [1.807, 2.05) is 0 Å². The summed E-state index contributed by atoms with van der Waals surface area (Å²) in [5.41, 5.74) is 1.18. The van der Waals surface area contributed by atoms with E-state index in [4.69, 9.17) is 0 Å². The molecule has 5 aromatic rings. The lowest BCUT2D eigenvalue weighted by Gasteiger charge is -2.13. The van der Waals surface area contributed by atoms with Crippen LogP contribution in [0, 0.1) is 24.4 Å². The third kappa shape index (κ3) is 3.84. The molecule has 0 atom stereocenters. The number of rotatable bonds is 5. The van der Waals surface area contributed by atoms with Crippen molar-refractivity contribution in [1.29, 1.82) is 0 Å². The van der Waals surface area contributed by atoms with E-state index in [1.165, 1.54) is 22.8 Å². The monoisotopic (exact) mass is 477 g/mol. The summed E-state index contributed by atoms with van der Waals surface area (Å²) in [5.74, 6) is -2.94. The minimum atomic E-state index is -1.08. The average molecular weight is 477 g/mol. The van der Waals surface area contributed by atoms with E-state index in [0.29, 0.717) is 33.2 Å². The van der Waals surface area contributed by atoms with Gasteiger partial charge in [0.2, 0.25) is 0 Å². The molecule has 0 aliphatic rings. The highest BCUT2D eigenvalue weighted by molar-refractivity contribution is 6.05. The molecule has 0 saturated carbocycles. The number of halogens is 3. The van der Waals surface area contributed by atoms with E-state index in [1.54, 1.807) is 31.2 Å². The number of nitrogens with zero attached hydrogens (tertiary/aromatic N) is 3. The van der Waals surface area contributed by atoms with E-state index >= 15 is 0 Å². The Balaban J connectivity index is 1.84. The predicted molar refractivity (Wildman–Crippen MR) is 125 cm³/mol. The van der Waals surface area contributed by atoms with Crippen molar-refractivity contribution in [3.63, 3.8) is 0 Å². The van der Waals surface area contributed by atoms with E-state index in [2.05, 4.69) is 5.10 Å². The molecule has 0 unspecified atom stereocenters. The van der Waals surface area contributed by atoms with Crippen LogP contribution >= 0.6 is 0 Å². The highest BCUT2D eigenvalue weighted by atomic mass is 19.1. The van der Waals surface area contributed by atoms with Crippen LogP contribution in [0.2, 0.25) is 0 Å². The summed E-state index contributed by atoms with van der Waals surface area (Å²) in [5, 5.41) is 15.1. The molecule has 5 rings (SSSR count). The van der Waals surface area contributed by atoms with E-state index < -0.39 is 29.0 Å². The molecule has 0 radical (unpaired) electrons. The number of carboxylic acids is 1. The highest BCUT2D eigenvalue weighted by Gasteiger charge is 2.22. The zero-order valence-electron chi connectivity index (χ0n) is 18.4. The van der Waals surface area contributed by atoms with Crippen LogP contribution in [0.5, 0.6) is 0 Å². The summed E-state index contributed by atoms with van der Waals surface area (Å²) in [6.07, 6.45) is 0. The van der Waals surface area contributed by atoms with Gasteiger partial charge in [-0.3, -0.25) is 9.59 Å². The second-order valence-electron chi connectivity index (χ2n) is 8.19. The molecule has 0 bridgehead atoms. The van der Waals surface area contributed by atoms with Crippen molar-refractivity contribution in [2.45, 2.75) is 20.0 Å². The van der Waals surface area contributed by atoms with Gasteiger partial charge in [0.25, 0.3) is 5.56 Å². The second kappa shape index (κ2) is 8.43. The molecular formula is C26H18F3N3O3. The van der Waals surface area contributed by atoms with Crippen LogP contribution in [0.4, 0.5) is 13.2 Å². The molecule has 3 aromatic carbocycles. The van der Waals surface area contributed by atoms with Crippen molar-refractivity contribution >= 4 is 27.6 Å². The number of carboxylic acid groups (broad SMARTS) is 1. The quantitative estimate of drug-likeness (QED) is 0.392. The Hall–Kier alpha value is -4.40. The van der Waals surface area contributed by atoms with Crippen LogP contribution < -0.4 is 5.56 Å². The van der Waals surface area contributed by atoms with Crippen molar-refractivity contribution in [3.8, 4) is 11.3 Å². The SMILES string of the molecule is Cc1c(-c2nn(Cc3cc(F)ccc3F)c(=O)c3ccccc23)c2cc(F)ccc2n1CC(=O)O. The van der Waals surface area contributed by atoms with Gasteiger partial charge in [0.15, 0.2) is 0 Å². The third-order valence-corrected chi connectivity index (χ3v) is 6.01. The van der Waals surface area contributed by atoms with Gasteiger partial charge in [0.05, 0.1) is 11.9 Å². The van der Waals surface area contributed by atoms with Gasteiger partial charge >= 0.3 is 5.97 Å². The lowest BCUT2D eigenvalue weighted by Crippen LogP contribution is -2.25. The molecule has 0 fully saturated rings. The largest absolute Gasteiger partial charge is 0.480 e. The zero-order chi connectivity index (χ0) is 24.9. The fourth-order valence-corrected chi connectivity index (χ4v) is 4.45. The molecule has 0 spiro atoms. The first-order valence-electron chi connectivity index (χ1n) is 10.7. The average Bonchev–Trinajstić information content (AvgIpc) is 3.08. The van der Waals surface area contributed by atoms with Gasteiger partial charge in [-0.05, 0) is 49.4 Å². The minimum Gasteiger partial charge on any atom is -0.480 e. The van der Waals surface area contributed by atoms with Crippen molar-refractivity contribution < 1.29 is 23.1 Å². The predicted octanol–water partition coefficient (Wildman–Crippen LogP) is 4.88. The summed E-state index contributed by atoms with van der Waals surface area (Å²) in [6, 6.07) is 13.6. The third-order valence-electron chi connectivity index (χ3n) is 6.01. The Morgan fingerprint density at radius 3 is 2.37 bits per heavy atom. The van der Waals surface area contributed by atoms with Crippen molar-refractivity contribution in [2.75, 3.05) is 0 Å². The molecule has 0 amide bonds. The smallest absolute Gasteiger partial charge is 0.323 e. The Labute approximate surface area is 196 Å². The van der Waals surface area contributed by atoms with Crippen LogP contribution in [-0.2, 0) is 17.9 Å². The Morgan fingerprint density at radius 1 is 0.943 bits per heavy atom. The fourth-order valence-electron chi connectivity index (χ4n) is 4.45. The van der Waals surface area contributed by atoms with Gasteiger partial charge in [0.1, 0.15) is 29.7 Å². The Morgan fingerprint density at radius 2 is 1.63 bits per heavy atom. The maximum absolute atomic E-state index is 14.4. The molecule has 0 aliphatic carbocycles. The maximum atomic E-state index is 14.4. The first kappa shape index (κ1) is 22.4. The van der Waals surface area contributed by atoms with Gasteiger partial charge in [-0.2, -0.15) is 5.10 Å². The first-order valence-corrected chi connectivity index (χ1v) is 10.7. The molecule has 0 saturated heterocycles. The number of aliphatic carboxylic acids is 1. The van der Waals surface area contributed by atoms with Gasteiger partial charge in [-0.15, -0.1) is 0 Å². The standard InChI is InChI=1S/C26H18F3N3O3/c1-14-24(20-11-17(28)7-9-22(20)31(14)13-23(33)34)25-18-4-2-3-5-19(18)26(35)32(30-25)12-15-10-16(27)6-8-21(15)29/h2-11H,12-13H2,1H3,(H,33,34). The Kier molecular flexibility index (Phi) is 5.39. The molecule has 35 heavy (non-hydrogen) atoms. The summed E-state index contributed by atoms with van der Waals surface area (Å²) < 4.78 is 45.0. The van der Waals surface area contributed by atoms with E-state index in [-0.39, 0.29) is 24.0 Å². The van der Waals surface area contributed by atoms with Crippen molar-refractivity contribution in [3.05, 3.63) is 99.7 Å². The van der Waals surface area contributed by atoms with Crippen LogP contribution in [0.1, 0.15) is 11.3 Å². The maximum Gasteiger partial charge on any atom is 0.323 e. The molecule has 2 heterocycles. The van der Waals surface area contributed by atoms with Crippen LogP contribution in [0.15, 0.2) is 65.5 Å². The normalized spacial score (nSPS) is 11.4. The summed E-state index contributed by atoms with van der Waals surface area (Å²) in [4.78, 5) is 24.7. The number of hydrogen-bond acceptors (Lipinski definition) is 3. The number of aromatic nitrogens is 3. The number of hydrogen-bond donors (Lipinski definition) is 1. The Bertz CT molecular complexity index is 1710. The molecule has 9 heteroatoms. The van der Waals surface area contributed by atoms with Gasteiger partial charge in [0, 0.05) is 33.1 Å². The first-order chi connectivity index (χ1) is 16.7. The van der Waals surface area contributed by atoms with Gasteiger partial charge in [-0.1, -0.05) is 18.2 Å². The van der Waals surface area contributed by atoms with Gasteiger partial charge < -0.3 is 9.67 Å². The van der Waals surface area contributed by atoms with Crippen molar-refractivity contribution in [1.82, 2.24) is 14.3 Å². The fraction of sp³-hybridized carbons (Fsp3) is 0.115. The van der Waals surface area contributed by atoms with Gasteiger partial charge in [-0.25, -0.2) is 17.9 Å². The second-order valence-corrected chi connectivity index (χ2v) is 8.19.